The average molecular weight is 297 g/mol. The fourth-order valence-corrected chi connectivity index (χ4v) is 3.80. The Morgan fingerprint density at radius 3 is 3.23 bits per heavy atom. The van der Waals surface area contributed by atoms with Gasteiger partial charge >= 0.3 is 0 Å². The van der Waals surface area contributed by atoms with E-state index in [1.165, 1.54) is 17.7 Å². The molecule has 1 atom stereocenters. The number of hydrogen-bond donors (Lipinski definition) is 1. The highest BCUT2D eigenvalue weighted by molar-refractivity contribution is 5.37. The van der Waals surface area contributed by atoms with Crippen LogP contribution in [-0.4, -0.2) is 33.6 Å². The summed E-state index contributed by atoms with van der Waals surface area (Å²) in [6.07, 6.45) is 18.0. The Morgan fingerprint density at radius 1 is 1.32 bits per heavy atom. The highest BCUT2D eigenvalue weighted by atomic mass is 16.5. The van der Waals surface area contributed by atoms with Gasteiger partial charge in [-0.15, -0.1) is 0 Å². The minimum atomic E-state index is 0.0333. The maximum absolute atomic E-state index is 6.43. The van der Waals surface area contributed by atoms with E-state index in [4.69, 9.17) is 4.74 Å². The van der Waals surface area contributed by atoms with Crippen LogP contribution in [0.3, 0.4) is 0 Å². The topological polar surface area (TPSA) is 41.2 Å². The quantitative estimate of drug-likeness (QED) is 0.910. The van der Waals surface area contributed by atoms with Crippen LogP contribution in [0.5, 0.6) is 0 Å². The molecule has 0 saturated carbocycles. The fraction of sp³-hybridized carbons (Fsp3) is 0.500. The number of H-pyrrole nitrogens is 1. The number of likely N-dealkylation sites (tertiary alicyclic amines) is 1. The minimum absolute atomic E-state index is 0.0333. The van der Waals surface area contributed by atoms with E-state index in [0.717, 1.165) is 51.1 Å². The van der Waals surface area contributed by atoms with Crippen molar-refractivity contribution in [2.24, 2.45) is 0 Å². The number of rotatable bonds is 2. The molecule has 0 radical (unpaired) electrons. The maximum atomic E-state index is 6.43. The molecule has 22 heavy (non-hydrogen) atoms. The first-order valence-corrected chi connectivity index (χ1v) is 8.28. The van der Waals surface area contributed by atoms with Gasteiger partial charge in [-0.05, 0) is 37.5 Å². The number of nitrogens with zero attached hydrogens (tertiary/aromatic N) is 2. The molecule has 1 N–H and O–H groups in total. The second-order valence-corrected chi connectivity index (χ2v) is 6.59. The van der Waals surface area contributed by atoms with Crippen LogP contribution in [0.1, 0.15) is 37.8 Å². The summed E-state index contributed by atoms with van der Waals surface area (Å²) >= 11 is 0. The Labute approximate surface area is 131 Å². The van der Waals surface area contributed by atoms with Crippen LogP contribution in [0.15, 0.2) is 48.2 Å². The number of nitrogens with one attached hydrogen (secondary N) is 1. The van der Waals surface area contributed by atoms with Gasteiger partial charge in [0.25, 0.3) is 0 Å². The molecule has 1 aromatic heterocycles. The maximum Gasteiger partial charge on any atom is 0.123 e. The summed E-state index contributed by atoms with van der Waals surface area (Å²) in [6, 6.07) is 0. The first-order chi connectivity index (χ1) is 10.8. The molecule has 0 bridgehead atoms. The molecular weight excluding hydrogens is 274 g/mol. The first kappa shape index (κ1) is 13.8. The van der Waals surface area contributed by atoms with E-state index in [-0.39, 0.29) is 5.60 Å². The third-order valence-corrected chi connectivity index (χ3v) is 4.98. The number of imidazole rings is 1. The molecule has 0 amide bonds. The molecule has 4 nitrogen and oxygen atoms in total. The number of aromatic nitrogens is 2. The van der Waals surface area contributed by atoms with Crippen molar-refractivity contribution in [2.45, 2.75) is 44.2 Å². The number of hydrogen-bond acceptors (Lipinski definition) is 3. The van der Waals surface area contributed by atoms with Crippen LogP contribution < -0.4 is 0 Å². The zero-order valence-electron chi connectivity index (χ0n) is 12.9. The molecule has 3 heterocycles. The number of fused-ring (bicyclic) bond motifs is 1. The molecule has 4 rings (SSSR count). The van der Waals surface area contributed by atoms with E-state index in [9.17, 15) is 0 Å². The lowest BCUT2D eigenvalue weighted by atomic mass is 9.89. The Morgan fingerprint density at radius 2 is 2.32 bits per heavy atom. The summed E-state index contributed by atoms with van der Waals surface area (Å²) in [5.41, 5.74) is 2.64. The Kier molecular flexibility index (Phi) is 3.62. The van der Waals surface area contributed by atoms with Gasteiger partial charge in [0.2, 0.25) is 0 Å². The van der Waals surface area contributed by atoms with Crippen molar-refractivity contribution in [3.05, 3.63) is 53.9 Å². The molecule has 0 aromatic carbocycles. The van der Waals surface area contributed by atoms with Gasteiger partial charge < -0.3 is 9.72 Å². The van der Waals surface area contributed by atoms with Gasteiger partial charge in [0.05, 0.1) is 6.33 Å². The molecule has 2 aliphatic heterocycles. The second kappa shape index (κ2) is 5.76. The molecule has 1 spiro atoms. The van der Waals surface area contributed by atoms with Crippen LogP contribution in [0.2, 0.25) is 0 Å². The van der Waals surface area contributed by atoms with Crippen molar-refractivity contribution in [2.75, 3.05) is 13.1 Å². The molecule has 4 heteroatoms. The van der Waals surface area contributed by atoms with Crippen molar-refractivity contribution in [3.8, 4) is 0 Å². The Balaban J connectivity index is 1.45. The van der Waals surface area contributed by atoms with E-state index in [0.29, 0.717) is 0 Å². The first-order valence-electron chi connectivity index (χ1n) is 8.28. The van der Waals surface area contributed by atoms with Crippen molar-refractivity contribution in [3.63, 3.8) is 0 Å². The van der Waals surface area contributed by atoms with Crippen LogP contribution in [-0.2, 0) is 11.3 Å². The van der Waals surface area contributed by atoms with Gasteiger partial charge in [0, 0.05) is 37.8 Å². The molecule has 3 aliphatic rings. The van der Waals surface area contributed by atoms with E-state index < -0.39 is 0 Å². The molecule has 1 aromatic rings. The zero-order chi connectivity index (χ0) is 14.8. The van der Waals surface area contributed by atoms with E-state index in [2.05, 4.69) is 39.2 Å². The van der Waals surface area contributed by atoms with Gasteiger partial charge in [0.1, 0.15) is 11.4 Å². The van der Waals surface area contributed by atoms with Crippen molar-refractivity contribution in [1.82, 2.24) is 14.9 Å². The lowest BCUT2D eigenvalue weighted by Crippen LogP contribution is -2.30. The van der Waals surface area contributed by atoms with Gasteiger partial charge in [-0.3, -0.25) is 4.90 Å². The molecule has 2 fully saturated rings. The third kappa shape index (κ3) is 2.75. The molecule has 1 unspecified atom stereocenters. The number of allylic oxidation sites excluding steroid dienone is 5. The Hall–Kier alpha value is -1.81. The zero-order valence-corrected chi connectivity index (χ0v) is 12.9. The largest absolute Gasteiger partial charge is 0.487 e. The molecule has 1 aliphatic carbocycles. The predicted octanol–water partition coefficient (Wildman–Crippen LogP) is 3.32. The standard InChI is InChI=1S/C18H23N3O/c1-2-5-15-11-18(22-17(15)6-3-1)7-4-9-21(10-8-18)13-16-12-19-14-20-16/h1,3,5-6,12,14H,2,4,7-11,13H2,(H,19,20). The predicted molar refractivity (Wildman–Crippen MR) is 86.1 cm³/mol. The van der Waals surface area contributed by atoms with Crippen LogP contribution >= 0.6 is 0 Å². The van der Waals surface area contributed by atoms with Crippen molar-refractivity contribution in [1.29, 1.82) is 0 Å². The highest BCUT2D eigenvalue weighted by Crippen LogP contribution is 2.44. The minimum Gasteiger partial charge on any atom is -0.487 e. The van der Waals surface area contributed by atoms with E-state index in [1.54, 1.807) is 6.33 Å². The number of ether oxygens (including phenoxy) is 1. The monoisotopic (exact) mass is 297 g/mol. The number of aromatic amines is 1. The summed E-state index contributed by atoms with van der Waals surface area (Å²) in [5, 5.41) is 0. The average Bonchev–Trinajstić information content (AvgIpc) is 3.02. The van der Waals surface area contributed by atoms with Gasteiger partial charge in [-0.25, -0.2) is 4.98 Å². The summed E-state index contributed by atoms with van der Waals surface area (Å²) < 4.78 is 6.43. The summed E-state index contributed by atoms with van der Waals surface area (Å²) in [5.74, 6) is 1.11. The summed E-state index contributed by atoms with van der Waals surface area (Å²) in [6.45, 7) is 3.20. The van der Waals surface area contributed by atoms with Crippen LogP contribution in [0, 0.1) is 0 Å². The molecule has 116 valence electrons. The lowest BCUT2D eigenvalue weighted by Gasteiger charge is -2.27. The normalized spacial score (nSPS) is 28.5. The van der Waals surface area contributed by atoms with Gasteiger partial charge in [-0.2, -0.15) is 0 Å². The van der Waals surface area contributed by atoms with Gasteiger partial charge in [-0.1, -0.05) is 18.2 Å². The van der Waals surface area contributed by atoms with Crippen LogP contribution in [0.4, 0.5) is 0 Å². The van der Waals surface area contributed by atoms with Gasteiger partial charge in [0.15, 0.2) is 0 Å². The fourth-order valence-electron chi connectivity index (χ4n) is 3.80. The summed E-state index contributed by atoms with van der Waals surface area (Å²) in [4.78, 5) is 9.83. The highest BCUT2D eigenvalue weighted by Gasteiger charge is 2.42. The Bertz CT molecular complexity index is 614. The SMILES string of the molecule is C1=CCC=C2CC3(CCCN(Cc4cnc[nH]4)CC3)OC2=C1. The smallest absolute Gasteiger partial charge is 0.123 e. The third-order valence-electron chi connectivity index (χ3n) is 4.98. The summed E-state index contributed by atoms with van der Waals surface area (Å²) in [7, 11) is 0. The van der Waals surface area contributed by atoms with Crippen LogP contribution in [0.25, 0.3) is 0 Å². The van der Waals surface area contributed by atoms with Crippen molar-refractivity contribution >= 4 is 0 Å². The second-order valence-electron chi connectivity index (χ2n) is 6.59. The van der Waals surface area contributed by atoms with Crippen molar-refractivity contribution < 1.29 is 4.74 Å². The van der Waals surface area contributed by atoms with E-state index in [1.807, 2.05) is 6.20 Å². The lowest BCUT2D eigenvalue weighted by molar-refractivity contribution is 0.0256. The molecular formula is C18H23N3O. The molecule has 2 saturated heterocycles. The van der Waals surface area contributed by atoms with E-state index >= 15 is 0 Å².